The van der Waals surface area contributed by atoms with Crippen LogP contribution in [0.15, 0.2) is 42.5 Å². The normalized spacial score (nSPS) is 12.1. The highest BCUT2D eigenvalue weighted by Gasteiger charge is 2.12. The summed E-state index contributed by atoms with van der Waals surface area (Å²) in [5.41, 5.74) is 0.930. The standard InChI is InChI=1S/C24H38N2O4/c1-4-5-6-7-8-12-15-22(30-24(28)25-18-19-26(2)3)16-17-23(27)29-20-21-13-10-9-11-14-21/h9-11,13-14,16-17,22H,4-8,12,15,18-20H2,1-3H3,(H,25,28). The molecule has 0 fully saturated rings. The predicted molar refractivity (Wildman–Crippen MR) is 120 cm³/mol. The number of nitrogens with one attached hydrogen (secondary N) is 1. The first-order valence-electron chi connectivity index (χ1n) is 11.0. The molecule has 0 aliphatic carbocycles. The van der Waals surface area contributed by atoms with Gasteiger partial charge in [-0.1, -0.05) is 69.4 Å². The topological polar surface area (TPSA) is 67.9 Å². The average molecular weight is 419 g/mol. The Morgan fingerprint density at radius 1 is 1.07 bits per heavy atom. The number of hydrogen-bond donors (Lipinski definition) is 1. The van der Waals surface area contributed by atoms with Crippen LogP contribution in [-0.4, -0.2) is 50.3 Å². The van der Waals surface area contributed by atoms with E-state index in [1.807, 2.05) is 49.3 Å². The fourth-order valence-electron chi connectivity index (χ4n) is 2.84. The summed E-state index contributed by atoms with van der Waals surface area (Å²) in [5, 5.41) is 2.74. The number of benzene rings is 1. The van der Waals surface area contributed by atoms with E-state index in [4.69, 9.17) is 9.47 Å². The van der Waals surface area contributed by atoms with Crippen LogP contribution < -0.4 is 5.32 Å². The van der Waals surface area contributed by atoms with Crippen molar-refractivity contribution in [1.82, 2.24) is 10.2 Å². The van der Waals surface area contributed by atoms with Gasteiger partial charge in [-0.25, -0.2) is 9.59 Å². The molecule has 1 aromatic rings. The Kier molecular flexibility index (Phi) is 14.1. The van der Waals surface area contributed by atoms with Crippen LogP contribution in [0.3, 0.4) is 0 Å². The Morgan fingerprint density at radius 2 is 1.77 bits per heavy atom. The first-order valence-corrected chi connectivity index (χ1v) is 11.0. The minimum absolute atomic E-state index is 0.220. The molecular weight excluding hydrogens is 380 g/mol. The maximum Gasteiger partial charge on any atom is 0.407 e. The molecule has 0 aliphatic rings. The van der Waals surface area contributed by atoms with Gasteiger partial charge in [0.05, 0.1) is 0 Å². The van der Waals surface area contributed by atoms with E-state index in [1.54, 1.807) is 6.08 Å². The van der Waals surface area contributed by atoms with Gasteiger partial charge in [-0.15, -0.1) is 0 Å². The van der Waals surface area contributed by atoms with Crippen LogP contribution in [-0.2, 0) is 20.9 Å². The van der Waals surface area contributed by atoms with Crippen molar-refractivity contribution in [2.75, 3.05) is 27.2 Å². The van der Waals surface area contributed by atoms with Crippen molar-refractivity contribution >= 4 is 12.1 Å². The Balaban J connectivity index is 2.47. The lowest BCUT2D eigenvalue weighted by Gasteiger charge is -2.16. The fourth-order valence-corrected chi connectivity index (χ4v) is 2.84. The summed E-state index contributed by atoms with van der Waals surface area (Å²) in [5.74, 6) is -0.441. The predicted octanol–water partition coefficient (Wildman–Crippen LogP) is 4.69. The van der Waals surface area contributed by atoms with Gasteiger partial charge in [-0.2, -0.15) is 0 Å². The van der Waals surface area contributed by atoms with Gasteiger partial charge in [0.25, 0.3) is 0 Å². The van der Waals surface area contributed by atoms with Crippen molar-refractivity contribution in [2.24, 2.45) is 0 Å². The molecule has 30 heavy (non-hydrogen) atoms. The maximum absolute atomic E-state index is 12.1. The minimum Gasteiger partial charge on any atom is -0.458 e. The number of ether oxygens (including phenoxy) is 2. The fraction of sp³-hybridized carbons (Fsp3) is 0.583. The monoisotopic (exact) mass is 418 g/mol. The average Bonchev–Trinajstić information content (AvgIpc) is 2.73. The molecule has 0 aliphatic heterocycles. The first kappa shape index (κ1) is 25.7. The summed E-state index contributed by atoms with van der Waals surface area (Å²) in [7, 11) is 3.89. The van der Waals surface area contributed by atoms with E-state index in [1.165, 1.54) is 31.8 Å². The summed E-state index contributed by atoms with van der Waals surface area (Å²) >= 11 is 0. The quantitative estimate of drug-likeness (QED) is 0.254. The van der Waals surface area contributed by atoms with Gasteiger partial charge in [0.2, 0.25) is 0 Å². The second-order valence-electron chi connectivity index (χ2n) is 7.68. The molecule has 1 rings (SSSR count). The molecule has 0 spiro atoms. The summed E-state index contributed by atoms with van der Waals surface area (Å²) in [6, 6.07) is 9.52. The number of nitrogens with zero attached hydrogens (tertiary/aromatic N) is 1. The molecule has 1 unspecified atom stereocenters. The third kappa shape index (κ3) is 13.8. The third-order valence-corrected chi connectivity index (χ3v) is 4.60. The summed E-state index contributed by atoms with van der Waals surface area (Å²) in [6.07, 6.45) is 9.69. The largest absolute Gasteiger partial charge is 0.458 e. The zero-order chi connectivity index (χ0) is 22.0. The Labute approximate surface area is 181 Å². The number of esters is 1. The lowest BCUT2D eigenvalue weighted by Crippen LogP contribution is -2.33. The molecule has 0 saturated heterocycles. The second-order valence-corrected chi connectivity index (χ2v) is 7.68. The van der Waals surface area contributed by atoms with E-state index < -0.39 is 18.2 Å². The lowest BCUT2D eigenvalue weighted by atomic mass is 10.1. The zero-order valence-electron chi connectivity index (χ0n) is 18.8. The molecule has 6 heteroatoms. The lowest BCUT2D eigenvalue weighted by molar-refractivity contribution is -0.139. The molecular formula is C24H38N2O4. The van der Waals surface area contributed by atoms with Gasteiger partial charge < -0.3 is 19.7 Å². The van der Waals surface area contributed by atoms with Crippen LogP contribution in [0.4, 0.5) is 4.79 Å². The Hall–Kier alpha value is -2.34. The molecule has 6 nitrogen and oxygen atoms in total. The van der Waals surface area contributed by atoms with Crippen LogP contribution in [0.25, 0.3) is 0 Å². The van der Waals surface area contributed by atoms with Crippen molar-refractivity contribution < 1.29 is 19.1 Å². The van der Waals surface area contributed by atoms with Gasteiger partial charge in [0, 0.05) is 19.2 Å². The van der Waals surface area contributed by atoms with Crippen LogP contribution in [0.2, 0.25) is 0 Å². The number of rotatable bonds is 15. The van der Waals surface area contributed by atoms with Crippen LogP contribution >= 0.6 is 0 Å². The Bertz CT molecular complexity index is 617. The van der Waals surface area contributed by atoms with Gasteiger partial charge in [-0.05, 0) is 38.6 Å². The number of carbonyl (C=O) groups is 2. The molecule has 0 bridgehead atoms. The van der Waals surface area contributed by atoms with Crippen molar-refractivity contribution in [3.8, 4) is 0 Å². The van der Waals surface area contributed by atoms with E-state index >= 15 is 0 Å². The van der Waals surface area contributed by atoms with Gasteiger partial charge in [-0.3, -0.25) is 0 Å². The zero-order valence-corrected chi connectivity index (χ0v) is 18.8. The number of likely N-dealkylation sites (N-methyl/N-ethyl adjacent to an activating group) is 1. The SMILES string of the molecule is CCCCCCCCC(C=CC(=O)OCc1ccccc1)OC(=O)NCCN(C)C. The molecule has 1 aromatic carbocycles. The second kappa shape index (κ2) is 16.5. The Morgan fingerprint density at radius 3 is 2.47 bits per heavy atom. The van der Waals surface area contributed by atoms with E-state index in [0.29, 0.717) is 13.0 Å². The highest BCUT2D eigenvalue weighted by Crippen LogP contribution is 2.12. The summed E-state index contributed by atoms with van der Waals surface area (Å²) in [6.45, 7) is 3.66. The van der Waals surface area contributed by atoms with E-state index in [0.717, 1.165) is 24.9 Å². The third-order valence-electron chi connectivity index (χ3n) is 4.60. The van der Waals surface area contributed by atoms with Crippen LogP contribution in [0.5, 0.6) is 0 Å². The first-order chi connectivity index (χ1) is 14.5. The molecule has 0 saturated carbocycles. The van der Waals surface area contributed by atoms with Crippen molar-refractivity contribution in [3.63, 3.8) is 0 Å². The molecule has 1 amide bonds. The number of carbonyl (C=O) groups excluding carboxylic acids is 2. The van der Waals surface area contributed by atoms with Gasteiger partial charge in [0.1, 0.15) is 12.7 Å². The highest BCUT2D eigenvalue weighted by atomic mass is 16.6. The molecule has 1 N–H and O–H groups in total. The van der Waals surface area contributed by atoms with Gasteiger partial charge >= 0.3 is 12.1 Å². The van der Waals surface area contributed by atoms with Crippen molar-refractivity contribution in [1.29, 1.82) is 0 Å². The number of alkyl carbamates (subject to hydrolysis) is 1. The van der Waals surface area contributed by atoms with E-state index in [9.17, 15) is 9.59 Å². The molecule has 168 valence electrons. The van der Waals surface area contributed by atoms with Crippen molar-refractivity contribution in [3.05, 3.63) is 48.0 Å². The molecule has 0 radical (unpaired) electrons. The molecule has 0 aromatic heterocycles. The highest BCUT2D eigenvalue weighted by molar-refractivity contribution is 5.82. The number of hydrogen-bond acceptors (Lipinski definition) is 5. The summed E-state index contributed by atoms with van der Waals surface area (Å²) < 4.78 is 10.8. The van der Waals surface area contributed by atoms with Crippen LogP contribution in [0, 0.1) is 0 Å². The number of unbranched alkanes of at least 4 members (excludes halogenated alkanes) is 5. The molecule has 0 heterocycles. The summed E-state index contributed by atoms with van der Waals surface area (Å²) in [4.78, 5) is 26.1. The van der Waals surface area contributed by atoms with E-state index in [2.05, 4.69) is 12.2 Å². The van der Waals surface area contributed by atoms with Crippen LogP contribution in [0.1, 0.15) is 57.4 Å². The molecule has 1 atom stereocenters. The van der Waals surface area contributed by atoms with Crippen molar-refractivity contribution in [2.45, 2.75) is 64.6 Å². The minimum atomic E-state index is -0.463. The smallest absolute Gasteiger partial charge is 0.407 e. The van der Waals surface area contributed by atoms with E-state index in [-0.39, 0.29) is 6.61 Å². The number of amides is 1. The maximum atomic E-state index is 12.1. The van der Waals surface area contributed by atoms with Gasteiger partial charge in [0.15, 0.2) is 0 Å².